The number of hydrogen-bond donors (Lipinski definition) is 0. The Balaban J connectivity index is 1.44. The minimum atomic E-state index is -0.309. The van der Waals surface area contributed by atoms with Gasteiger partial charge in [-0.2, -0.15) is 0 Å². The van der Waals surface area contributed by atoms with E-state index in [-0.39, 0.29) is 24.1 Å². The van der Waals surface area contributed by atoms with Gasteiger partial charge >= 0.3 is 6.09 Å². The number of nitrogens with zero attached hydrogens (tertiary/aromatic N) is 3. The first kappa shape index (κ1) is 17.8. The van der Waals surface area contributed by atoms with Gasteiger partial charge in [-0.3, -0.25) is 14.7 Å². The number of halogens is 1. The van der Waals surface area contributed by atoms with Gasteiger partial charge in [-0.1, -0.05) is 23.7 Å². The van der Waals surface area contributed by atoms with Crippen molar-refractivity contribution >= 4 is 23.6 Å². The zero-order valence-electron chi connectivity index (χ0n) is 15.0. The number of hydrogen-bond acceptors (Lipinski definition) is 4. The summed E-state index contributed by atoms with van der Waals surface area (Å²) in [5, 5.41) is 0.679. The summed E-state index contributed by atoms with van der Waals surface area (Å²) < 4.78 is 5.51. The van der Waals surface area contributed by atoms with Crippen molar-refractivity contribution in [2.45, 2.75) is 25.5 Å². The van der Waals surface area contributed by atoms with Gasteiger partial charge in [-0.15, -0.1) is 0 Å². The van der Waals surface area contributed by atoms with Crippen LogP contribution in [0, 0.1) is 6.92 Å². The molecule has 2 atom stereocenters. The highest BCUT2D eigenvalue weighted by atomic mass is 35.5. The molecule has 2 aliphatic rings. The highest BCUT2D eigenvalue weighted by Gasteiger charge is 2.48. The number of fused-ring (bicyclic) bond motifs is 1. The molecule has 0 unspecified atom stereocenters. The monoisotopic (exact) mass is 385 g/mol. The highest BCUT2D eigenvalue weighted by Crippen LogP contribution is 2.28. The smallest absolute Gasteiger partial charge is 0.410 e. The molecule has 2 aromatic rings. The lowest BCUT2D eigenvalue weighted by Crippen LogP contribution is -2.40. The van der Waals surface area contributed by atoms with Crippen LogP contribution in [-0.4, -0.2) is 58.6 Å². The predicted molar refractivity (Wildman–Crippen MR) is 101 cm³/mol. The normalized spacial score (nSPS) is 21.3. The van der Waals surface area contributed by atoms with Crippen LogP contribution in [0.2, 0.25) is 5.02 Å². The molecule has 2 amide bonds. The van der Waals surface area contributed by atoms with Gasteiger partial charge in [0.05, 0.1) is 18.2 Å². The zero-order valence-corrected chi connectivity index (χ0v) is 15.7. The van der Waals surface area contributed by atoms with E-state index in [0.29, 0.717) is 42.3 Å². The first-order chi connectivity index (χ1) is 13.0. The molecule has 7 heteroatoms. The van der Waals surface area contributed by atoms with Gasteiger partial charge in [0.1, 0.15) is 6.10 Å². The van der Waals surface area contributed by atoms with Gasteiger partial charge in [0.25, 0.3) is 5.91 Å². The summed E-state index contributed by atoms with van der Waals surface area (Å²) in [6, 6.07) is 11.0. The third kappa shape index (κ3) is 3.49. The third-order valence-corrected chi connectivity index (χ3v) is 5.41. The summed E-state index contributed by atoms with van der Waals surface area (Å²) in [4.78, 5) is 32.7. The van der Waals surface area contributed by atoms with Crippen LogP contribution in [0.5, 0.6) is 0 Å². The maximum atomic E-state index is 12.8. The molecule has 6 nitrogen and oxygen atoms in total. The summed E-state index contributed by atoms with van der Waals surface area (Å²) in [6.07, 6.45) is 1.77. The molecule has 0 aliphatic carbocycles. The maximum Gasteiger partial charge on any atom is 0.410 e. The van der Waals surface area contributed by atoms with Crippen LogP contribution < -0.4 is 0 Å². The summed E-state index contributed by atoms with van der Waals surface area (Å²) in [7, 11) is 0. The fraction of sp³-hybridized carbons (Fsp3) is 0.350. The van der Waals surface area contributed by atoms with Gasteiger partial charge in [-0.05, 0) is 43.2 Å². The van der Waals surface area contributed by atoms with E-state index in [2.05, 4.69) is 4.98 Å². The summed E-state index contributed by atoms with van der Waals surface area (Å²) in [5.41, 5.74) is 2.36. The van der Waals surface area contributed by atoms with E-state index >= 15 is 0 Å². The average Bonchev–Trinajstić information content (AvgIpc) is 3.17. The molecule has 27 heavy (non-hydrogen) atoms. The van der Waals surface area contributed by atoms with E-state index in [4.69, 9.17) is 16.3 Å². The molecular formula is C20H20ClN3O3. The fourth-order valence-electron chi connectivity index (χ4n) is 3.75. The number of aryl methyl sites for hydroxylation is 1. The van der Waals surface area contributed by atoms with Crippen molar-refractivity contribution in [2.24, 2.45) is 0 Å². The molecule has 0 N–H and O–H groups in total. The van der Waals surface area contributed by atoms with Gasteiger partial charge in [0.15, 0.2) is 0 Å². The molecule has 0 radical (unpaired) electrons. The predicted octanol–water partition coefficient (Wildman–Crippen LogP) is 2.93. The molecule has 2 saturated heterocycles. The van der Waals surface area contributed by atoms with Crippen LogP contribution in [0.1, 0.15) is 21.6 Å². The molecule has 3 heterocycles. The number of carbonyl (C=O) groups excluding carboxylic acids is 2. The molecule has 2 aliphatic heterocycles. The number of benzene rings is 1. The van der Waals surface area contributed by atoms with Crippen molar-refractivity contribution in [1.82, 2.24) is 14.8 Å². The Morgan fingerprint density at radius 2 is 2.15 bits per heavy atom. The van der Waals surface area contributed by atoms with Crippen molar-refractivity contribution in [3.05, 3.63) is 64.4 Å². The molecule has 0 spiro atoms. The number of rotatable bonds is 4. The van der Waals surface area contributed by atoms with Crippen molar-refractivity contribution in [2.75, 3.05) is 19.6 Å². The molecule has 1 aromatic carbocycles. The lowest BCUT2D eigenvalue weighted by Gasteiger charge is -2.23. The Labute approximate surface area is 162 Å². The van der Waals surface area contributed by atoms with Gasteiger partial charge in [0.2, 0.25) is 0 Å². The van der Waals surface area contributed by atoms with E-state index in [9.17, 15) is 9.59 Å². The standard InChI is InChI=1S/C20H20ClN3O3/c1-13-16(6-3-8-22-13)19(25)23-11-17-18(12-23)27-20(26)24(17)9-7-14-4-2-5-15(21)10-14/h2-6,8,10,17-18H,7,9,11-12H2,1H3/t17-,18+/m0/s1. The van der Waals surface area contributed by atoms with E-state index in [1.54, 1.807) is 28.1 Å². The first-order valence-electron chi connectivity index (χ1n) is 8.95. The number of pyridine rings is 1. The van der Waals surface area contributed by atoms with E-state index in [1.807, 2.05) is 31.2 Å². The van der Waals surface area contributed by atoms with Crippen LogP contribution in [0.15, 0.2) is 42.6 Å². The van der Waals surface area contributed by atoms with Gasteiger partial charge in [0, 0.05) is 30.0 Å². The molecule has 4 rings (SSSR count). The molecule has 2 fully saturated rings. The molecule has 0 saturated carbocycles. The molecular weight excluding hydrogens is 366 g/mol. The first-order valence-corrected chi connectivity index (χ1v) is 9.33. The Hall–Kier alpha value is -2.60. The second-order valence-electron chi connectivity index (χ2n) is 6.91. The Morgan fingerprint density at radius 3 is 2.93 bits per heavy atom. The van der Waals surface area contributed by atoms with E-state index in [1.165, 1.54) is 0 Å². The molecule has 1 aromatic heterocycles. The summed E-state index contributed by atoms with van der Waals surface area (Å²) in [6.45, 7) is 3.24. The second kappa shape index (κ2) is 7.19. The van der Waals surface area contributed by atoms with Gasteiger partial charge < -0.3 is 9.64 Å². The van der Waals surface area contributed by atoms with E-state index in [0.717, 1.165) is 5.56 Å². The van der Waals surface area contributed by atoms with Crippen molar-refractivity contribution in [3.8, 4) is 0 Å². The lowest BCUT2D eigenvalue weighted by atomic mass is 10.1. The number of aromatic nitrogens is 1. The highest BCUT2D eigenvalue weighted by molar-refractivity contribution is 6.30. The second-order valence-corrected chi connectivity index (χ2v) is 7.35. The van der Waals surface area contributed by atoms with Crippen LogP contribution in [0.4, 0.5) is 4.79 Å². The third-order valence-electron chi connectivity index (χ3n) is 5.18. The van der Waals surface area contributed by atoms with Gasteiger partial charge in [-0.25, -0.2) is 4.79 Å². The average molecular weight is 386 g/mol. The van der Waals surface area contributed by atoms with Crippen molar-refractivity contribution in [1.29, 1.82) is 0 Å². The number of likely N-dealkylation sites (tertiary alicyclic amines) is 1. The summed E-state index contributed by atoms with van der Waals surface area (Å²) >= 11 is 6.03. The Bertz CT molecular complexity index is 888. The minimum Gasteiger partial charge on any atom is -0.442 e. The number of carbonyl (C=O) groups is 2. The minimum absolute atomic E-state index is 0.0687. The van der Waals surface area contributed by atoms with Crippen LogP contribution in [0.25, 0.3) is 0 Å². The lowest BCUT2D eigenvalue weighted by molar-refractivity contribution is 0.0727. The Morgan fingerprint density at radius 1 is 1.30 bits per heavy atom. The maximum absolute atomic E-state index is 12.8. The quantitative estimate of drug-likeness (QED) is 0.811. The van der Waals surface area contributed by atoms with Crippen LogP contribution in [-0.2, 0) is 11.2 Å². The molecule has 0 bridgehead atoms. The van der Waals surface area contributed by atoms with Crippen LogP contribution >= 0.6 is 11.6 Å². The fourth-order valence-corrected chi connectivity index (χ4v) is 3.96. The van der Waals surface area contributed by atoms with E-state index < -0.39 is 0 Å². The largest absolute Gasteiger partial charge is 0.442 e. The number of amides is 2. The molecule has 140 valence electrons. The topological polar surface area (TPSA) is 62.7 Å². The number of ether oxygens (including phenoxy) is 1. The van der Waals surface area contributed by atoms with Crippen molar-refractivity contribution < 1.29 is 14.3 Å². The Kier molecular flexibility index (Phi) is 4.74. The SMILES string of the molecule is Cc1ncccc1C(=O)N1C[C@H]2OC(=O)N(CCc3cccc(Cl)c3)[C@H]2C1. The van der Waals surface area contributed by atoms with Crippen molar-refractivity contribution in [3.63, 3.8) is 0 Å². The summed E-state index contributed by atoms with van der Waals surface area (Å²) in [5.74, 6) is -0.0687. The zero-order chi connectivity index (χ0) is 19.0. The van der Waals surface area contributed by atoms with Crippen LogP contribution in [0.3, 0.4) is 0 Å².